The lowest BCUT2D eigenvalue weighted by Crippen LogP contribution is -2.22. The van der Waals surface area contributed by atoms with Crippen LogP contribution in [-0.4, -0.2) is 10.3 Å². The Kier molecular flexibility index (Phi) is 2.38. The minimum absolute atomic E-state index is 0.310. The van der Waals surface area contributed by atoms with Crippen LogP contribution in [-0.2, 0) is 5.60 Å². The molecule has 0 saturated carbocycles. The van der Waals surface area contributed by atoms with Crippen molar-refractivity contribution in [3.8, 4) is 0 Å². The largest absolute Gasteiger partial charge is 0.382 e. The zero-order valence-corrected chi connectivity index (χ0v) is 7.37. The first kappa shape index (κ1) is 9.06. The molecule has 1 rings (SSSR count). The van der Waals surface area contributed by atoms with E-state index in [1.54, 1.807) is 6.07 Å². The lowest BCUT2D eigenvalue weighted by Gasteiger charge is -2.20. The summed E-state index contributed by atoms with van der Waals surface area (Å²) in [5.41, 5.74) is 4.46. The van der Waals surface area contributed by atoms with Gasteiger partial charge in [-0.2, -0.15) is 0 Å². The summed E-state index contributed by atoms with van der Waals surface area (Å²) in [7, 11) is 0. The van der Waals surface area contributed by atoms with Crippen molar-refractivity contribution in [3.63, 3.8) is 0 Å². The van der Waals surface area contributed by atoms with E-state index >= 15 is 0 Å². The molecule has 0 aliphatic rings. The molecule has 68 valence electrons. The maximum Gasteiger partial charge on any atom is 0.170 e. The molecule has 4 heteroatoms. The quantitative estimate of drug-likeness (QED) is 0.716. The molecule has 0 aliphatic carbocycles. The number of hydrogen-bond donors (Lipinski definition) is 2. The van der Waals surface area contributed by atoms with Gasteiger partial charge >= 0.3 is 0 Å². The van der Waals surface area contributed by atoms with Gasteiger partial charge < -0.3 is 15.4 Å². The molecule has 0 atom stereocenters. The van der Waals surface area contributed by atoms with Crippen LogP contribution in [0, 0.1) is 0 Å². The van der Waals surface area contributed by atoms with Gasteiger partial charge in [0, 0.05) is 6.07 Å². The van der Waals surface area contributed by atoms with E-state index in [0.29, 0.717) is 24.4 Å². The van der Waals surface area contributed by atoms with Crippen molar-refractivity contribution in [2.45, 2.75) is 32.3 Å². The SMILES string of the molecule is CCC(O)(CC)c1cc(N)no1. The molecule has 12 heavy (non-hydrogen) atoms. The minimum Gasteiger partial charge on any atom is -0.382 e. The first-order valence-electron chi connectivity index (χ1n) is 4.07. The highest BCUT2D eigenvalue weighted by Crippen LogP contribution is 2.29. The molecule has 0 amide bonds. The van der Waals surface area contributed by atoms with E-state index in [4.69, 9.17) is 10.3 Å². The monoisotopic (exact) mass is 170 g/mol. The fraction of sp³-hybridized carbons (Fsp3) is 0.625. The summed E-state index contributed by atoms with van der Waals surface area (Å²) in [5.74, 6) is 0.760. The van der Waals surface area contributed by atoms with Gasteiger partial charge in [0.15, 0.2) is 11.6 Å². The third kappa shape index (κ3) is 1.43. The van der Waals surface area contributed by atoms with Gasteiger partial charge in [-0.15, -0.1) is 0 Å². The fourth-order valence-corrected chi connectivity index (χ4v) is 1.11. The second-order valence-electron chi connectivity index (χ2n) is 2.85. The Morgan fingerprint density at radius 1 is 1.58 bits per heavy atom. The molecule has 1 aromatic rings. The van der Waals surface area contributed by atoms with E-state index in [9.17, 15) is 5.11 Å². The summed E-state index contributed by atoms with van der Waals surface area (Å²) in [6.07, 6.45) is 1.19. The van der Waals surface area contributed by atoms with Gasteiger partial charge in [-0.3, -0.25) is 0 Å². The molecular weight excluding hydrogens is 156 g/mol. The Bertz CT molecular complexity index is 253. The highest BCUT2D eigenvalue weighted by molar-refractivity contribution is 5.28. The number of aromatic nitrogens is 1. The molecule has 0 saturated heterocycles. The predicted octanol–water partition coefficient (Wildman–Crippen LogP) is 1.26. The van der Waals surface area contributed by atoms with Gasteiger partial charge in [0.2, 0.25) is 0 Å². The zero-order chi connectivity index (χ0) is 9.19. The number of nitrogens with zero attached hydrogens (tertiary/aromatic N) is 1. The molecule has 0 unspecified atom stereocenters. The molecular formula is C8H14N2O2. The van der Waals surface area contributed by atoms with Crippen LogP contribution in [0.15, 0.2) is 10.6 Å². The van der Waals surface area contributed by atoms with Crippen LogP contribution in [0.3, 0.4) is 0 Å². The van der Waals surface area contributed by atoms with Crippen molar-refractivity contribution in [2.24, 2.45) is 0 Å². The van der Waals surface area contributed by atoms with Crippen molar-refractivity contribution < 1.29 is 9.63 Å². The summed E-state index contributed by atoms with van der Waals surface area (Å²) in [6, 6.07) is 1.56. The van der Waals surface area contributed by atoms with E-state index in [1.807, 2.05) is 13.8 Å². The highest BCUT2D eigenvalue weighted by Gasteiger charge is 2.29. The van der Waals surface area contributed by atoms with E-state index < -0.39 is 5.60 Å². The molecule has 0 spiro atoms. The summed E-state index contributed by atoms with van der Waals surface area (Å²) < 4.78 is 4.89. The van der Waals surface area contributed by atoms with Gasteiger partial charge in [-0.25, -0.2) is 0 Å². The fourth-order valence-electron chi connectivity index (χ4n) is 1.11. The maximum absolute atomic E-state index is 9.92. The number of anilines is 1. The van der Waals surface area contributed by atoms with Crippen molar-refractivity contribution in [3.05, 3.63) is 11.8 Å². The van der Waals surface area contributed by atoms with E-state index in [-0.39, 0.29) is 0 Å². The molecule has 1 aromatic heterocycles. The number of rotatable bonds is 3. The Morgan fingerprint density at radius 2 is 2.17 bits per heavy atom. The normalized spacial score (nSPS) is 11.9. The third-order valence-corrected chi connectivity index (χ3v) is 2.16. The van der Waals surface area contributed by atoms with Crippen molar-refractivity contribution in [2.75, 3.05) is 5.73 Å². The van der Waals surface area contributed by atoms with Crippen LogP contribution in [0.2, 0.25) is 0 Å². The van der Waals surface area contributed by atoms with Crippen molar-refractivity contribution in [1.29, 1.82) is 0 Å². The first-order chi connectivity index (χ1) is 5.62. The second-order valence-corrected chi connectivity index (χ2v) is 2.85. The molecule has 0 fully saturated rings. The Labute approximate surface area is 71.4 Å². The lowest BCUT2D eigenvalue weighted by atomic mass is 9.94. The summed E-state index contributed by atoms with van der Waals surface area (Å²) >= 11 is 0. The van der Waals surface area contributed by atoms with Crippen LogP contribution in [0.1, 0.15) is 32.4 Å². The van der Waals surface area contributed by atoms with Gasteiger partial charge in [0.05, 0.1) is 0 Å². The van der Waals surface area contributed by atoms with Crippen LogP contribution >= 0.6 is 0 Å². The Balaban J connectivity index is 2.94. The van der Waals surface area contributed by atoms with E-state index in [1.165, 1.54) is 0 Å². The average Bonchev–Trinajstić information content (AvgIpc) is 2.51. The highest BCUT2D eigenvalue weighted by atomic mass is 16.5. The molecule has 0 aromatic carbocycles. The summed E-state index contributed by atoms with van der Waals surface area (Å²) in [6.45, 7) is 3.78. The number of nitrogen functional groups attached to an aromatic ring is 1. The summed E-state index contributed by atoms with van der Waals surface area (Å²) in [5, 5.41) is 13.4. The van der Waals surface area contributed by atoms with Gasteiger partial charge in [0.1, 0.15) is 5.60 Å². The van der Waals surface area contributed by atoms with E-state index in [2.05, 4.69) is 5.16 Å². The lowest BCUT2D eigenvalue weighted by molar-refractivity contribution is 0.00180. The van der Waals surface area contributed by atoms with Crippen LogP contribution in [0.25, 0.3) is 0 Å². The first-order valence-corrected chi connectivity index (χ1v) is 4.07. The van der Waals surface area contributed by atoms with Crippen LogP contribution in [0.5, 0.6) is 0 Å². The molecule has 0 aliphatic heterocycles. The standard InChI is InChI=1S/C8H14N2O2/c1-3-8(11,4-2)6-5-7(9)10-12-6/h5,11H,3-4H2,1-2H3,(H2,9,10). The van der Waals surface area contributed by atoms with Gasteiger partial charge in [0.25, 0.3) is 0 Å². The molecule has 4 nitrogen and oxygen atoms in total. The molecule has 3 N–H and O–H groups in total. The smallest absolute Gasteiger partial charge is 0.170 e. The van der Waals surface area contributed by atoms with Crippen LogP contribution < -0.4 is 5.73 Å². The molecule has 1 heterocycles. The van der Waals surface area contributed by atoms with Gasteiger partial charge in [-0.1, -0.05) is 19.0 Å². The second kappa shape index (κ2) is 3.15. The molecule has 0 radical (unpaired) electrons. The number of aliphatic hydroxyl groups is 1. The number of nitrogens with two attached hydrogens (primary N) is 1. The number of hydrogen-bond acceptors (Lipinski definition) is 4. The minimum atomic E-state index is -0.912. The van der Waals surface area contributed by atoms with Crippen molar-refractivity contribution >= 4 is 5.82 Å². The van der Waals surface area contributed by atoms with Crippen LogP contribution in [0.4, 0.5) is 5.82 Å². The third-order valence-electron chi connectivity index (χ3n) is 2.16. The van der Waals surface area contributed by atoms with Gasteiger partial charge in [-0.05, 0) is 12.8 Å². The summed E-state index contributed by atoms with van der Waals surface area (Å²) in [4.78, 5) is 0. The van der Waals surface area contributed by atoms with E-state index in [0.717, 1.165) is 0 Å². The Morgan fingerprint density at radius 3 is 2.50 bits per heavy atom. The Hall–Kier alpha value is -1.03. The topological polar surface area (TPSA) is 72.3 Å². The average molecular weight is 170 g/mol. The molecule has 0 bridgehead atoms. The maximum atomic E-state index is 9.92. The van der Waals surface area contributed by atoms with Crippen molar-refractivity contribution in [1.82, 2.24) is 5.16 Å². The predicted molar refractivity (Wildman–Crippen MR) is 45.4 cm³/mol. The zero-order valence-electron chi connectivity index (χ0n) is 7.37.